The number of para-hydroxylation sites is 1. The molecule has 0 bridgehead atoms. The van der Waals surface area contributed by atoms with Gasteiger partial charge in [-0.15, -0.1) is 0 Å². The Bertz CT molecular complexity index is 2690. The Kier molecular flexibility index (Phi) is 5.37. The van der Waals surface area contributed by atoms with Crippen molar-refractivity contribution < 1.29 is 4.42 Å². The molecule has 2 aromatic heterocycles. The molecule has 0 amide bonds. The van der Waals surface area contributed by atoms with Crippen LogP contribution in [0.2, 0.25) is 0 Å². The minimum absolute atomic E-state index is 0.0697. The third kappa shape index (κ3) is 3.67. The highest BCUT2D eigenvalue weighted by Gasteiger charge is 2.37. The van der Waals surface area contributed by atoms with E-state index in [4.69, 9.17) is 4.42 Å². The van der Waals surface area contributed by atoms with Gasteiger partial charge in [-0.1, -0.05) is 135 Å². The summed E-state index contributed by atoms with van der Waals surface area (Å²) in [4.78, 5) is 0. The second-order valence-corrected chi connectivity index (χ2v) is 13.3. The molecular formula is C45H31NO. The molecule has 0 radical (unpaired) electrons. The molecule has 2 heterocycles. The average molecular weight is 602 g/mol. The molecule has 1 aliphatic carbocycles. The molecule has 0 N–H and O–H groups in total. The summed E-state index contributed by atoms with van der Waals surface area (Å²) in [6, 6.07) is 54.9. The quantitative estimate of drug-likeness (QED) is 0.197. The van der Waals surface area contributed by atoms with Gasteiger partial charge in [0.25, 0.3) is 0 Å². The van der Waals surface area contributed by atoms with Crippen LogP contribution in [-0.2, 0) is 5.41 Å². The van der Waals surface area contributed by atoms with Gasteiger partial charge in [0.2, 0.25) is 0 Å². The van der Waals surface area contributed by atoms with Crippen LogP contribution in [-0.4, -0.2) is 4.57 Å². The number of hydrogen-bond acceptors (Lipinski definition) is 1. The maximum Gasteiger partial charge on any atom is 0.137 e. The Labute approximate surface area is 273 Å². The minimum atomic E-state index is -0.0697. The molecule has 0 spiro atoms. The summed E-state index contributed by atoms with van der Waals surface area (Å²) in [5.74, 6) is 0. The molecule has 0 saturated heterocycles. The Morgan fingerprint density at radius 2 is 1.19 bits per heavy atom. The van der Waals surface area contributed by atoms with E-state index >= 15 is 0 Å². The largest absolute Gasteiger partial charge is 0.456 e. The molecule has 0 saturated carbocycles. The average Bonchev–Trinajstić information content (AvgIpc) is 3.74. The molecule has 0 atom stereocenters. The van der Waals surface area contributed by atoms with Gasteiger partial charge in [-0.3, -0.25) is 0 Å². The molecule has 222 valence electrons. The van der Waals surface area contributed by atoms with Gasteiger partial charge >= 0.3 is 0 Å². The van der Waals surface area contributed by atoms with Crippen molar-refractivity contribution >= 4 is 43.7 Å². The molecule has 1 aliphatic rings. The molecule has 0 fully saturated rings. The highest BCUT2D eigenvalue weighted by atomic mass is 16.3. The van der Waals surface area contributed by atoms with Crippen LogP contribution in [0.25, 0.3) is 82.8 Å². The summed E-state index contributed by atoms with van der Waals surface area (Å²) in [5, 5.41) is 4.82. The predicted octanol–water partition coefficient (Wildman–Crippen LogP) is 12.3. The normalized spacial score (nSPS) is 13.5. The lowest BCUT2D eigenvalue weighted by Crippen LogP contribution is -2.14. The number of rotatable bonds is 3. The zero-order valence-electron chi connectivity index (χ0n) is 26.3. The van der Waals surface area contributed by atoms with E-state index in [2.05, 4.69) is 170 Å². The van der Waals surface area contributed by atoms with Crippen molar-refractivity contribution in [3.05, 3.63) is 163 Å². The highest BCUT2D eigenvalue weighted by Crippen LogP contribution is 2.53. The number of hydrogen-bond donors (Lipinski definition) is 0. The third-order valence-electron chi connectivity index (χ3n) is 10.4. The molecule has 2 nitrogen and oxygen atoms in total. The zero-order chi connectivity index (χ0) is 31.3. The molecule has 9 aromatic rings. The lowest BCUT2D eigenvalue weighted by Gasteiger charge is -2.21. The van der Waals surface area contributed by atoms with Crippen LogP contribution < -0.4 is 0 Å². The third-order valence-corrected chi connectivity index (χ3v) is 10.4. The van der Waals surface area contributed by atoms with Crippen LogP contribution in [0.1, 0.15) is 25.0 Å². The van der Waals surface area contributed by atoms with Crippen LogP contribution in [0.4, 0.5) is 0 Å². The smallest absolute Gasteiger partial charge is 0.137 e. The summed E-state index contributed by atoms with van der Waals surface area (Å²) in [7, 11) is 0. The van der Waals surface area contributed by atoms with E-state index in [0.29, 0.717) is 0 Å². The van der Waals surface area contributed by atoms with Gasteiger partial charge in [0.05, 0.1) is 11.0 Å². The van der Waals surface area contributed by atoms with E-state index in [9.17, 15) is 0 Å². The zero-order valence-corrected chi connectivity index (χ0v) is 26.3. The first-order chi connectivity index (χ1) is 23.1. The standard InChI is InChI=1S/C45H31NO/c1-45(2)37-16-8-6-14-35(37)43-38(45)26-25-34-33-13-7-9-17-39(33)46(44(34)43)31-23-24-36-41(27-31)47-40-18-10-15-32(42(36)40)30-21-19-29(20-22-30)28-11-4-3-5-12-28/h3-27H,1-2H3. The van der Waals surface area contributed by atoms with E-state index in [1.165, 1.54) is 66.3 Å². The van der Waals surface area contributed by atoms with Crippen LogP contribution in [0.3, 0.4) is 0 Å². The maximum absolute atomic E-state index is 6.64. The van der Waals surface area contributed by atoms with Gasteiger partial charge < -0.3 is 8.98 Å². The summed E-state index contributed by atoms with van der Waals surface area (Å²) in [6.45, 7) is 4.70. The Hall–Kier alpha value is -5.86. The summed E-state index contributed by atoms with van der Waals surface area (Å²) >= 11 is 0. The van der Waals surface area contributed by atoms with Gasteiger partial charge in [0.15, 0.2) is 0 Å². The first-order valence-corrected chi connectivity index (χ1v) is 16.4. The van der Waals surface area contributed by atoms with E-state index in [1.807, 2.05) is 0 Å². The number of furan rings is 1. The Morgan fingerprint density at radius 1 is 0.489 bits per heavy atom. The number of fused-ring (bicyclic) bond motifs is 10. The van der Waals surface area contributed by atoms with Crippen molar-refractivity contribution in [1.29, 1.82) is 0 Å². The topological polar surface area (TPSA) is 18.1 Å². The molecule has 7 aromatic carbocycles. The van der Waals surface area contributed by atoms with Crippen molar-refractivity contribution in [3.8, 4) is 39.1 Å². The summed E-state index contributed by atoms with van der Waals surface area (Å²) < 4.78 is 9.10. The lowest BCUT2D eigenvalue weighted by molar-refractivity contribution is 0.660. The molecule has 0 unspecified atom stereocenters. The van der Waals surface area contributed by atoms with Crippen LogP contribution in [0, 0.1) is 0 Å². The van der Waals surface area contributed by atoms with Crippen LogP contribution in [0.15, 0.2) is 156 Å². The minimum Gasteiger partial charge on any atom is -0.456 e. The molecule has 10 rings (SSSR count). The fourth-order valence-electron chi connectivity index (χ4n) is 8.18. The first-order valence-electron chi connectivity index (χ1n) is 16.4. The molecule has 0 aliphatic heterocycles. The number of benzene rings is 7. The lowest BCUT2D eigenvalue weighted by atomic mass is 9.82. The van der Waals surface area contributed by atoms with Crippen molar-refractivity contribution in [1.82, 2.24) is 4.57 Å². The van der Waals surface area contributed by atoms with Gasteiger partial charge in [0, 0.05) is 44.3 Å². The molecular weight excluding hydrogens is 571 g/mol. The van der Waals surface area contributed by atoms with Crippen molar-refractivity contribution in [2.45, 2.75) is 19.3 Å². The first kappa shape index (κ1) is 26.4. The van der Waals surface area contributed by atoms with Gasteiger partial charge in [-0.05, 0) is 63.2 Å². The summed E-state index contributed by atoms with van der Waals surface area (Å²) in [6.07, 6.45) is 0. The van der Waals surface area contributed by atoms with Crippen molar-refractivity contribution in [2.24, 2.45) is 0 Å². The van der Waals surface area contributed by atoms with Crippen molar-refractivity contribution in [3.63, 3.8) is 0 Å². The van der Waals surface area contributed by atoms with E-state index in [-0.39, 0.29) is 5.41 Å². The highest BCUT2D eigenvalue weighted by molar-refractivity contribution is 6.16. The monoisotopic (exact) mass is 601 g/mol. The van der Waals surface area contributed by atoms with E-state index in [0.717, 1.165) is 27.6 Å². The van der Waals surface area contributed by atoms with Crippen LogP contribution in [0.5, 0.6) is 0 Å². The SMILES string of the molecule is CC1(C)c2ccccc2-c2c1ccc1c3ccccc3n(-c3ccc4c(c3)oc3cccc(-c5ccc(-c6ccccc6)cc5)c34)c21. The Balaban J connectivity index is 1.19. The van der Waals surface area contributed by atoms with E-state index in [1.54, 1.807) is 0 Å². The van der Waals surface area contributed by atoms with Crippen molar-refractivity contribution in [2.75, 3.05) is 0 Å². The fourth-order valence-corrected chi connectivity index (χ4v) is 8.18. The maximum atomic E-state index is 6.64. The van der Waals surface area contributed by atoms with Gasteiger partial charge in [-0.25, -0.2) is 0 Å². The predicted molar refractivity (Wildman–Crippen MR) is 196 cm³/mol. The van der Waals surface area contributed by atoms with Crippen LogP contribution >= 0.6 is 0 Å². The Morgan fingerprint density at radius 3 is 2.06 bits per heavy atom. The van der Waals surface area contributed by atoms with E-state index < -0.39 is 0 Å². The number of aromatic nitrogens is 1. The van der Waals surface area contributed by atoms with Gasteiger partial charge in [-0.2, -0.15) is 0 Å². The fraction of sp³-hybridized carbons (Fsp3) is 0.0667. The summed E-state index contributed by atoms with van der Waals surface area (Å²) in [5.41, 5.74) is 15.5. The van der Waals surface area contributed by atoms with Gasteiger partial charge in [0.1, 0.15) is 11.2 Å². The molecule has 47 heavy (non-hydrogen) atoms. The second-order valence-electron chi connectivity index (χ2n) is 13.3. The molecule has 2 heteroatoms. The second kappa shape index (κ2) is 9.57. The number of nitrogens with zero attached hydrogens (tertiary/aromatic N) is 1.